The van der Waals surface area contributed by atoms with Gasteiger partial charge in [0, 0.05) is 20.2 Å². The van der Waals surface area contributed by atoms with Crippen molar-refractivity contribution >= 4 is 0 Å². The number of nitrogens with one attached hydrogen (secondary N) is 1. The number of hydrogen-bond donors (Lipinski definition) is 2. The zero-order valence-corrected chi connectivity index (χ0v) is 11.8. The second kappa shape index (κ2) is 7.63. The van der Waals surface area contributed by atoms with Crippen LogP contribution in [-0.4, -0.2) is 24.9 Å². The van der Waals surface area contributed by atoms with Crippen LogP contribution in [0, 0.1) is 5.92 Å². The molecule has 1 aromatic carbocycles. The summed E-state index contributed by atoms with van der Waals surface area (Å²) in [7, 11) is 1.71. The van der Waals surface area contributed by atoms with Crippen molar-refractivity contribution in [3.63, 3.8) is 0 Å². The van der Waals surface area contributed by atoms with Crippen LogP contribution in [0.3, 0.4) is 0 Å². The van der Waals surface area contributed by atoms with Gasteiger partial charge < -0.3 is 15.2 Å². The lowest BCUT2D eigenvalue weighted by Gasteiger charge is -2.27. The first-order valence-electron chi connectivity index (χ1n) is 7.25. The van der Waals surface area contributed by atoms with Crippen molar-refractivity contribution in [3.8, 4) is 0 Å². The SMILES string of the molecule is COCc1ccc(CNCC2CCCCC2O)cc1. The van der Waals surface area contributed by atoms with Crippen LogP contribution < -0.4 is 5.32 Å². The lowest BCUT2D eigenvalue weighted by Crippen LogP contribution is -2.33. The first kappa shape index (κ1) is 14.5. The molecule has 2 atom stereocenters. The summed E-state index contributed by atoms with van der Waals surface area (Å²) < 4.78 is 5.10. The van der Waals surface area contributed by atoms with Gasteiger partial charge in [-0.1, -0.05) is 37.1 Å². The molecule has 2 unspecified atom stereocenters. The minimum Gasteiger partial charge on any atom is -0.393 e. The molecular formula is C16H25NO2. The highest BCUT2D eigenvalue weighted by atomic mass is 16.5. The van der Waals surface area contributed by atoms with Gasteiger partial charge in [0.05, 0.1) is 12.7 Å². The standard InChI is InChI=1S/C16H25NO2/c1-19-12-14-8-6-13(7-9-14)10-17-11-15-4-2-3-5-16(15)18/h6-9,15-18H,2-5,10-12H2,1H3. The zero-order chi connectivity index (χ0) is 13.5. The number of benzene rings is 1. The van der Waals surface area contributed by atoms with Crippen LogP contribution >= 0.6 is 0 Å². The van der Waals surface area contributed by atoms with E-state index in [2.05, 4.69) is 29.6 Å². The summed E-state index contributed by atoms with van der Waals surface area (Å²) in [4.78, 5) is 0. The van der Waals surface area contributed by atoms with Crippen molar-refractivity contribution in [2.75, 3.05) is 13.7 Å². The van der Waals surface area contributed by atoms with E-state index in [1.54, 1.807) is 7.11 Å². The summed E-state index contributed by atoms with van der Waals surface area (Å²) in [6.07, 6.45) is 4.46. The van der Waals surface area contributed by atoms with Gasteiger partial charge in [0.15, 0.2) is 0 Å². The number of rotatable bonds is 6. The number of ether oxygens (including phenoxy) is 1. The minimum atomic E-state index is -0.106. The highest BCUT2D eigenvalue weighted by molar-refractivity contribution is 5.21. The third kappa shape index (κ3) is 4.60. The van der Waals surface area contributed by atoms with Crippen molar-refractivity contribution in [3.05, 3.63) is 35.4 Å². The van der Waals surface area contributed by atoms with Crippen molar-refractivity contribution in [2.24, 2.45) is 5.92 Å². The molecule has 1 fully saturated rings. The van der Waals surface area contributed by atoms with Gasteiger partial charge >= 0.3 is 0 Å². The third-order valence-corrected chi connectivity index (χ3v) is 3.94. The molecule has 0 amide bonds. The molecule has 0 heterocycles. The first-order chi connectivity index (χ1) is 9.29. The second-order valence-corrected chi connectivity index (χ2v) is 5.49. The van der Waals surface area contributed by atoms with E-state index in [0.717, 1.165) is 25.9 Å². The van der Waals surface area contributed by atoms with Gasteiger partial charge in [-0.15, -0.1) is 0 Å². The summed E-state index contributed by atoms with van der Waals surface area (Å²) in [6, 6.07) is 8.49. The Morgan fingerprint density at radius 3 is 2.53 bits per heavy atom. The molecule has 19 heavy (non-hydrogen) atoms. The van der Waals surface area contributed by atoms with E-state index in [9.17, 15) is 5.11 Å². The third-order valence-electron chi connectivity index (χ3n) is 3.94. The predicted molar refractivity (Wildman–Crippen MR) is 76.8 cm³/mol. The largest absolute Gasteiger partial charge is 0.393 e. The molecule has 106 valence electrons. The lowest BCUT2D eigenvalue weighted by molar-refractivity contribution is 0.0695. The normalized spacial score (nSPS) is 23.5. The van der Waals surface area contributed by atoms with E-state index in [0.29, 0.717) is 12.5 Å². The highest BCUT2D eigenvalue weighted by Gasteiger charge is 2.22. The Balaban J connectivity index is 1.72. The minimum absolute atomic E-state index is 0.106. The van der Waals surface area contributed by atoms with E-state index < -0.39 is 0 Å². The molecule has 3 heteroatoms. The lowest BCUT2D eigenvalue weighted by atomic mass is 9.86. The molecule has 0 spiro atoms. The van der Waals surface area contributed by atoms with Gasteiger partial charge in [-0.2, -0.15) is 0 Å². The van der Waals surface area contributed by atoms with Crippen molar-refractivity contribution in [1.82, 2.24) is 5.32 Å². The van der Waals surface area contributed by atoms with E-state index in [1.165, 1.54) is 24.0 Å². The summed E-state index contributed by atoms with van der Waals surface area (Å²) in [5.74, 6) is 0.432. The molecule has 1 aromatic rings. The van der Waals surface area contributed by atoms with Gasteiger partial charge in [0.1, 0.15) is 0 Å². The summed E-state index contributed by atoms with van der Waals surface area (Å²) in [5, 5.41) is 13.4. The quantitative estimate of drug-likeness (QED) is 0.828. The van der Waals surface area contributed by atoms with Gasteiger partial charge in [-0.05, 0) is 29.9 Å². The molecular weight excluding hydrogens is 238 g/mol. The molecule has 2 N–H and O–H groups in total. The molecule has 1 aliphatic rings. The number of hydrogen-bond acceptors (Lipinski definition) is 3. The maximum absolute atomic E-state index is 9.91. The van der Waals surface area contributed by atoms with E-state index in [-0.39, 0.29) is 6.10 Å². The van der Waals surface area contributed by atoms with E-state index in [4.69, 9.17) is 4.74 Å². The van der Waals surface area contributed by atoms with Gasteiger partial charge in [0.2, 0.25) is 0 Å². The summed E-state index contributed by atoms with van der Waals surface area (Å²) in [6.45, 7) is 2.46. The summed E-state index contributed by atoms with van der Waals surface area (Å²) >= 11 is 0. The number of aliphatic hydroxyl groups is 1. The Hall–Kier alpha value is -0.900. The zero-order valence-electron chi connectivity index (χ0n) is 11.8. The molecule has 0 aromatic heterocycles. The Morgan fingerprint density at radius 2 is 1.84 bits per heavy atom. The monoisotopic (exact) mass is 263 g/mol. The second-order valence-electron chi connectivity index (χ2n) is 5.49. The van der Waals surface area contributed by atoms with Crippen LogP contribution in [0.5, 0.6) is 0 Å². The summed E-state index contributed by atoms with van der Waals surface area (Å²) in [5.41, 5.74) is 2.49. The molecule has 1 aliphatic carbocycles. The van der Waals surface area contributed by atoms with Crippen molar-refractivity contribution in [2.45, 2.75) is 44.9 Å². The van der Waals surface area contributed by atoms with Gasteiger partial charge in [-0.25, -0.2) is 0 Å². The fourth-order valence-electron chi connectivity index (χ4n) is 2.75. The van der Waals surface area contributed by atoms with E-state index >= 15 is 0 Å². The van der Waals surface area contributed by atoms with Crippen LogP contribution in [0.25, 0.3) is 0 Å². The maximum atomic E-state index is 9.91. The smallest absolute Gasteiger partial charge is 0.0713 e. The van der Waals surface area contributed by atoms with Crippen molar-refractivity contribution < 1.29 is 9.84 Å². The molecule has 0 bridgehead atoms. The molecule has 0 saturated heterocycles. The van der Waals surface area contributed by atoms with Crippen LogP contribution in [-0.2, 0) is 17.9 Å². The Kier molecular flexibility index (Phi) is 5.83. The van der Waals surface area contributed by atoms with Gasteiger partial charge in [-0.3, -0.25) is 0 Å². The number of methoxy groups -OCH3 is 1. The first-order valence-corrected chi connectivity index (χ1v) is 7.25. The average molecular weight is 263 g/mol. The Labute approximate surface area is 116 Å². The van der Waals surface area contributed by atoms with Gasteiger partial charge in [0.25, 0.3) is 0 Å². The Bertz CT molecular complexity index is 364. The van der Waals surface area contributed by atoms with Crippen LogP contribution in [0.15, 0.2) is 24.3 Å². The molecule has 1 saturated carbocycles. The average Bonchev–Trinajstić information content (AvgIpc) is 2.43. The van der Waals surface area contributed by atoms with E-state index in [1.807, 2.05) is 0 Å². The molecule has 2 rings (SSSR count). The molecule has 0 aliphatic heterocycles. The fraction of sp³-hybridized carbons (Fsp3) is 0.625. The van der Waals surface area contributed by atoms with Crippen molar-refractivity contribution in [1.29, 1.82) is 0 Å². The van der Waals surface area contributed by atoms with Crippen LogP contribution in [0.1, 0.15) is 36.8 Å². The Morgan fingerprint density at radius 1 is 1.16 bits per heavy atom. The predicted octanol–water partition coefficient (Wildman–Crippen LogP) is 2.47. The fourth-order valence-corrected chi connectivity index (χ4v) is 2.75. The highest BCUT2D eigenvalue weighted by Crippen LogP contribution is 2.23. The molecule has 3 nitrogen and oxygen atoms in total. The topological polar surface area (TPSA) is 41.5 Å². The van der Waals surface area contributed by atoms with Crippen LogP contribution in [0.2, 0.25) is 0 Å². The maximum Gasteiger partial charge on any atom is 0.0713 e. The van der Waals surface area contributed by atoms with Crippen LogP contribution in [0.4, 0.5) is 0 Å². The molecule has 0 radical (unpaired) electrons. The number of aliphatic hydroxyl groups excluding tert-OH is 1.